The van der Waals surface area contributed by atoms with Crippen molar-refractivity contribution in [3.05, 3.63) is 82.8 Å². The predicted octanol–water partition coefficient (Wildman–Crippen LogP) is 2.52. The Balaban J connectivity index is 1.54. The van der Waals surface area contributed by atoms with Crippen LogP contribution in [0.4, 0.5) is 17.2 Å². The molecule has 2 aromatic carbocycles. The van der Waals surface area contributed by atoms with E-state index < -0.39 is 4.92 Å². The normalized spacial score (nSPS) is 14.6. The third-order valence-corrected chi connectivity index (χ3v) is 4.22. The third kappa shape index (κ3) is 3.86. The van der Waals surface area contributed by atoms with E-state index in [2.05, 4.69) is 20.3 Å². The lowest BCUT2D eigenvalue weighted by atomic mass is 10.2. The number of rotatable bonds is 5. The second-order valence-electron chi connectivity index (χ2n) is 6.16. The summed E-state index contributed by atoms with van der Waals surface area (Å²) < 4.78 is 5.71. The molecule has 1 aliphatic rings. The topological polar surface area (TPSA) is 158 Å². The van der Waals surface area contributed by atoms with Gasteiger partial charge in [0.15, 0.2) is 0 Å². The first-order chi connectivity index (χ1) is 14.5. The van der Waals surface area contributed by atoms with Gasteiger partial charge >= 0.3 is 0 Å². The van der Waals surface area contributed by atoms with Crippen LogP contribution in [-0.2, 0) is 0 Å². The van der Waals surface area contributed by atoms with Crippen LogP contribution in [0.3, 0.4) is 0 Å². The second kappa shape index (κ2) is 7.85. The average Bonchev–Trinajstić information content (AvgIpc) is 2.76. The molecule has 0 bridgehead atoms. The first-order valence-electron chi connectivity index (χ1n) is 8.69. The van der Waals surface area contributed by atoms with E-state index in [-0.39, 0.29) is 5.69 Å². The number of hydrazine groups is 1. The summed E-state index contributed by atoms with van der Waals surface area (Å²) in [5, 5.41) is 16.0. The van der Waals surface area contributed by atoms with E-state index in [1.165, 1.54) is 36.0 Å². The maximum atomic E-state index is 11.1. The van der Waals surface area contributed by atoms with Crippen LogP contribution in [-0.4, -0.2) is 26.2 Å². The summed E-state index contributed by atoms with van der Waals surface area (Å²) in [7, 11) is 0. The summed E-state index contributed by atoms with van der Waals surface area (Å²) in [6.45, 7) is 0. The Morgan fingerprint density at radius 3 is 2.70 bits per heavy atom. The van der Waals surface area contributed by atoms with Gasteiger partial charge in [-0.15, -0.1) is 0 Å². The molecule has 0 aliphatic carbocycles. The number of nitro benzene ring substituents is 1. The molecule has 0 atom stereocenters. The molecule has 1 aromatic heterocycles. The number of hydrogen-bond donors (Lipinski definition) is 3. The number of nitrogens with one attached hydrogen (secondary N) is 1. The Hall–Kier alpha value is -4.51. The Labute approximate surface area is 170 Å². The molecule has 0 spiro atoms. The van der Waals surface area contributed by atoms with Crippen molar-refractivity contribution in [1.29, 1.82) is 0 Å². The molecule has 0 saturated carbocycles. The Morgan fingerprint density at radius 1 is 1.17 bits per heavy atom. The minimum absolute atomic E-state index is 0.0349. The van der Waals surface area contributed by atoms with E-state index >= 15 is 0 Å². The second-order valence-corrected chi connectivity index (χ2v) is 6.16. The molecule has 1 aliphatic heterocycles. The summed E-state index contributed by atoms with van der Waals surface area (Å²) in [5.41, 5.74) is 7.32. The molecular weight excluding hydrogens is 388 g/mol. The maximum Gasteiger partial charge on any atom is 0.270 e. The fraction of sp³-hybridized carbons (Fsp3) is 0. The molecule has 11 heteroatoms. The van der Waals surface area contributed by atoms with Crippen molar-refractivity contribution in [3.63, 3.8) is 0 Å². The van der Waals surface area contributed by atoms with Crippen LogP contribution in [0.2, 0.25) is 0 Å². The van der Waals surface area contributed by atoms with Gasteiger partial charge in [0.25, 0.3) is 5.69 Å². The fourth-order valence-corrected chi connectivity index (χ4v) is 2.74. The van der Waals surface area contributed by atoms with E-state index in [0.29, 0.717) is 39.7 Å². The van der Waals surface area contributed by atoms with Crippen LogP contribution < -0.4 is 21.6 Å². The van der Waals surface area contributed by atoms with Gasteiger partial charge in [-0.1, -0.05) is 0 Å². The number of non-ortho nitro benzene ring substituents is 1. The van der Waals surface area contributed by atoms with E-state index in [1.807, 2.05) is 0 Å². The van der Waals surface area contributed by atoms with Crippen molar-refractivity contribution in [1.82, 2.24) is 15.0 Å². The number of benzene rings is 2. The smallest absolute Gasteiger partial charge is 0.270 e. The van der Waals surface area contributed by atoms with E-state index in [0.717, 1.165) is 0 Å². The molecule has 0 saturated heterocycles. The zero-order chi connectivity index (χ0) is 21.1. The SMILES string of the molecule is N/C=C1/C=C(Oc2ccc(Nc3ncnc4ccc([N+](=O)[O-])cc34)cc2)N=CN1N. The number of nitrogens with zero attached hydrogens (tertiary/aromatic N) is 5. The van der Waals surface area contributed by atoms with E-state index in [9.17, 15) is 10.1 Å². The van der Waals surface area contributed by atoms with Crippen molar-refractivity contribution in [2.75, 3.05) is 5.32 Å². The van der Waals surface area contributed by atoms with Crippen LogP contribution in [0.25, 0.3) is 10.9 Å². The largest absolute Gasteiger partial charge is 0.439 e. The van der Waals surface area contributed by atoms with Gasteiger partial charge in [0.05, 0.1) is 16.1 Å². The van der Waals surface area contributed by atoms with Gasteiger partial charge in [-0.25, -0.2) is 20.8 Å². The number of aromatic nitrogens is 2. The molecule has 3 aromatic rings. The molecule has 2 heterocycles. The van der Waals surface area contributed by atoms with Crippen LogP contribution in [0.1, 0.15) is 0 Å². The molecule has 0 radical (unpaired) electrons. The number of nitrogens with two attached hydrogens (primary N) is 2. The molecule has 30 heavy (non-hydrogen) atoms. The van der Waals surface area contributed by atoms with Crippen molar-refractivity contribution in [2.24, 2.45) is 16.6 Å². The van der Waals surface area contributed by atoms with Crippen LogP contribution in [0.15, 0.2) is 77.6 Å². The quantitative estimate of drug-likeness (QED) is 0.330. The van der Waals surface area contributed by atoms with Gasteiger partial charge < -0.3 is 15.8 Å². The summed E-state index contributed by atoms with van der Waals surface area (Å²) in [6.07, 6.45) is 5.73. The fourth-order valence-electron chi connectivity index (χ4n) is 2.74. The molecule has 150 valence electrons. The van der Waals surface area contributed by atoms with Crippen LogP contribution in [0.5, 0.6) is 5.75 Å². The van der Waals surface area contributed by atoms with Crippen molar-refractivity contribution in [2.45, 2.75) is 0 Å². The van der Waals surface area contributed by atoms with Gasteiger partial charge in [-0.2, -0.15) is 0 Å². The highest BCUT2D eigenvalue weighted by Crippen LogP contribution is 2.28. The number of allylic oxidation sites excluding steroid dienone is 1. The van der Waals surface area contributed by atoms with Gasteiger partial charge in [0, 0.05) is 35.5 Å². The Morgan fingerprint density at radius 2 is 1.97 bits per heavy atom. The summed E-state index contributed by atoms with van der Waals surface area (Å²) in [6, 6.07) is 11.5. The molecule has 0 unspecified atom stereocenters. The number of nitro groups is 1. The van der Waals surface area contributed by atoms with Crippen molar-refractivity contribution < 1.29 is 9.66 Å². The standard InChI is InChI=1S/C19H16N8O3/c20-9-14-8-18(24-11-26(14)21)30-15-4-1-12(2-5-15)25-19-16-7-13(27(28)29)3-6-17(16)22-10-23-19/h1-11H,20-21H2,(H,22,23,25)/b14-9-. The molecule has 0 fully saturated rings. The summed E-state index contributed by atoms with van der Waals surface area (Å²) >= 11 is 0. The lowest BCUT2D eigenvalue weighted by molar-refractivity contribution is -0.384. The van der Waals surface area contributed by atoms with E-state index in [4.69, 9.17) is 16.3 Å². The molecular formula is C19H16N8O3. The minimum Gasteiger partial charge on any atom is -0.439 e. The lowest BCUT2D eigenvalue weighted by Crippen LogP contribution is -2.31. The monoisotopic (exact) mass is 404 g/mol. The minimum atomic E-state index is -0.458. The highest BCUT2D eigenvalue weighted by atomic mass is 16.6. The zero-order valence-electron chi connectivity index (χ0n) is 15.5. The molecule has 5 N–H and O–H groups in total. The zero-order valence-corrected chi connectivity index (χ0v) is 15.5. The van der Waals surface area contributed by atoms with E-state index in [1.54, 1.807) is 36.4 Å². The molecule has 4 rings (SSSR count). The Kier molecular flexibility index (Phi) is 4.93. The summed E-state index contributed by atoms with van der Waals surface area (Å²) in [4.78, 5) is 23.0. The number of hydrogen-bond acceptors (Lipinski definition) is 10. The predicted molar refractivity (Wildman–Crippen MR) is 111 cm³/mol. The number of ether oxygens (including phenoxy) is 1. The Bertz CT molecular complexity index is 1200. The molecule has 11 nitrogen and oxygen atoms in total. The number of aliphatic imine (C=N–C) groups is 1. The van der Waals surface area contributed by atoms with Crippen LogP contribution >= 0.6 is 0 Å². The van der Waals surface area contributed by atoms with Gasteiger partial charge in [0.2, 0.25) is 5.88 Å². The van der Waals surface area contributed by atoms with Crippen molar-refractivity contribution >= 4 is 34.4 Å². The maximum absolute atomic E-state index is 11.1. The third-order valence-electron chi connectivity index (χ3n) is 4.22. The highest BCUT2D eigenvalue weighted by molar-refractivity contribution is 5.92. The molecule has 0 amide bonds. The first-order valence-corrected chi connectivity index (χ1v) is 8.69. The number of fused-ring (bicyclic) bond motifs is 1. The summed E-state index contributed by atoms with van der Waals surface area (Å²) in [5.74, 6) is 7.03. The lowest BCUT2D eigenvalue weighted by Gasteiger charge is -2.18. The average molecular weight is 404 g/mol. The van der Waals surface area contributed by atoms with Gasteiger partial charge in [-0.3, -0.25) is 15.1 Å². The highest BCUT2D eigenvalue weighted by Gasteiger charge is 2.12. The number of anilines is 2. The van der Waals surface area contributed by atoms with Crippen molar-refractivity contribution in [3.8, 4) is 5.75 Å². The van der Waals surface area contributed by atoms with Gasteiger partial charge in [0.1, 0.15) is 24.2 Å². The van der Waals surface area contributed by atoms with Gasteiger partial charge in [-0.05, 0) is 30.3 Å². The van der Waals surface area contributed by atoms with Crippen LogP contribution in [0, 0.1) is 10.1 Å². The first kappa shape index (κ1) is 18.8.